The lowest BCUT2D eigenvalue weighted by atomic mass is 9.84. The largest absolute Gasteiger partial charge is 0.348 e. The quantitative estimate of drug-likeness (QED) is 0.0504. The first-order valence-corrected chi connectivity index (χ1v) is 34.1. The number of nitrogens with zero attached hydrogens (tertiary/aromatic N) is 5. The maximum Gasteiger partial charge on any atom is 0.254 e. The van der Waals surface area contributed by atoms with Crippen molar-refractivity contribution in [2.75, 3.05) is 23.9 Å². The molecule has 1 N–H and O–H groups in total. The van der Waals surface area contributed by atoms with Gasteiger partial charge in [0.05, 0.1) is 13.1 Å². The van der Waals surface area contributed by atoms with Crippen molar-refractivity contribution >= 4 is 55.1 Å². The number of nitrogens with one attached hydrogen (secondary N) is 1. The normalized spacial score (nSPS) is 15.7. The molecule has 7 aromatic carbocycles. The fourth-order valence-electron chi connectivity index (χ4n) is 12.7. The van der Waals surface area contributed by atoms with Gasteiger partial charge in [-0.1, -0.05) is 124 Å². The summed E-state index contributed by atoms with van der Waals surface area (Å²) in [6.45, 7) is 5.00. The minimum absolute atomic E-state index is 0. The van der Waals surface area contributed by atoms with Crippen molar-refractivity contribution in [3.8, 4) is 0 Å². The first-order valence-electron chi connectivity index (χ1n) is 31.2. The fraction of sp³-hybridized carbons (Fsp3) is 0.352. The van der Waals surface area contributed by atoms with Crippen LogP contribution in [0.3, 0.4) is 0 Å². The summed E-state index contributed by atoms with van der Waals surface area (Å²) in [7, 11) is -9.18. The highest BCUT2D eigenvalue weighted by atomic mass is 32.2. The highest BCUT2D eigenvalue weighted by Gasteiger charge is 2.43. The van der Waals surface area contributed by atoms with Gasteiger partial charge in [0, 0.05) is 56.2 Å². The Morgan fingerprint density at radius 2 is 0.856 bits per heavy atom. The standard InChI is InChI=1S/C39H38F5N3O4S.C31H30F5N3O4S.CH4/c1-23-9-11-25(12-10-23)20-46-22-29-19-30(17-18-31(29)39(46)49)47(21-26-13-15-28(16-14-26)27-7-5-4-6-8-27)38(48)24(2)45(3)52(50,51)37-35(43)33(41)32(40)34(42)36(37)44;1-17(38(2)44(42,43)29-27(35)25(33)24(32)26(34)28(29)36)31(41)39(22-12-13-23-21(14-22)15-37-30(23)40)16-18-8-10-20(11-9-18)19-6-4-3-5-7-19;/h9-19,24,27H,4-8,20-22H2,1-3H3;8-14,17,19H,3-7,15-16H2,1-2H3,(H,37,40);1H4/t24-;17-;/m11./s1. The predicted octanol–water partition coefficient (Wildman–Crippen LogP) is 14.7. The zero-order chi connectivity index (χ0) is 69.4. The van der Waals surface area contributed by atoms with Crippen LogP contribution in [-0.2, 0) is 62.4 Å². The van der Waals surface area contributed by atoms with Crippen LogP contribution < -0.4 is 15.1 Å². The Hall–Kier alpha value is -8.46. The van der Waals surface area contributed by atoms with Crippen molar-refractivity contribution in [3.63, 3.8) is 0 Å². The van der Waals surface area contributed by atoms with Gasteiger partial charge in [0.15, 0.2) is 56.3 Å². The Bertz CT molecular complexity index is 4350. The number of sulfonamides is 2. The summed E-state index contributed by atoms with van der Waals surface area (Å²) in [5.74, 6) is -26.1. The van der Waals surface area contributed by atoms with Gasteiger partial charge >= 0.3 is 0 Å². The fourth-order valence-corrected chi connectivity index (χ4v) is 15.5. The monoisotopic (exact) mass is 1390 g/mol. The summed E-state index contributed by atoms with van der Waals surface area (Å²) < 4.78 is 195. The molecule has 0 radical (unpaired) electrons. The molecule has 4 aliphatic rings. The molecule has 0 aromatic heterocycles. The molecule has 2 saturated carbocycles. The highest BCUT2D eigenvalue weighted by molar-refractivity contribution is 7.89. The third-order valence-corrected chi connectivity index (χ3v) is 22.5. The molecule has 4 amide bonds. The van der Waals surface area contributed by atoms with Gasteiger partial charge in [-0.25, -0.2) is 60.7 Å². The third kappa shape index (κ3) is 14.7. The number of benzene rings is 7. The van der Waals surface area contributed by atoms with Crippen LogP contribution in [-0.4, -0.2) is 80.2 Å². The number of carbonyl (C=O) groups is 4. The second kappa shape index (κ2) is 29.7. The van der Waals surface area contributed by atoms with E-state index >= 15 is 0 Å². The van der Waals surface area contributed by atoms with Gasteiger partial charge in [0.2, 0.25) is 43.5 Å². The first-order chi connectivity index (χ1) is 45.5. The smallest absolute Gasteiger partial charge is 0.254 e. The topological polar surface area (TPSA) is 165 Å². The first kappa shape index (κ1) is 72.8. The molecule has 14 nitrogen and oxygen atoms in total. The Morgan fingerprint density at radius 3 is 1.26 bits per heavy atom. The van der Waals surface area contributed by atoms with Crippen LogP contribution in [0.5, 0.6) is 0 Å². The summed E-state index contributed by atoms with van der Waals surface area (Å²) in [5, 5.41) is 2.68. The molecule has 0 spiro atoms. The number of carbonyl (C=O) groups excluding carboxylic acids is 4. The molecule has 2 heterocycles. The lowest BCUT2D eigenvalue weighted by molar-refractivity contribution is -0.122. The summed E-state index contributed by atoms with van der Waals surface area (Å²) in [6.07, 6.45) is 11.4. The summed E-state index contributed by atoms with van der Waals surface area (Å²) in [4.78, 5) is 53.8. The van der Waals surface area contributed by atoms with E-state index in [1.54, 1.807) is 29.2 Å². The number of hydrogen-bond acceptors (Lipinski definition) is 8. The molecule has 0 bridgehead atoms. The number of likely N-dealkylation sites (N-methyl/N-ethyl adjacent to an activating group) is 2. The summed E-state index contributed by atoms with van der Waals surface area (Å²) in [6, 6.07) is 29.4. The van der Waals surface area contributed by atoms with Crippen molar-refractivity contribution in [3.05, 3.63) is 223 Å². The van der Waals surface area contributed by atoms with Crippen molar-refractivity contribution in [2.24, 2.45) is 0 Å². The summed E-state index contributed by atoms with van der Waals surface area (Å²) in [5.41, 5.74) is 8.50. The molecule has 26 heteroatoms. The number of amides is 4. The van der Waals surface area contributed by atoms with E-state index in [-0.39, 0.29) is 54.0 Å². The number of fused-ring (bicyclic) bond motifs is 2. The van der Waals surface area contributed by atoms with Crippen LogP contribution in [0, 0.1) is 65.1 Å². The maximum absolute atomic E-state index is 14.7. The molecule has 11 rings (SSSR count). The zero-order valence-electron chi connectivity index (χ0n) is 52.9. The van der Waals surface area contributed by atoms with Crippen LogP contribution in [0.1, 0.15) is 163 Å². The van der Waals surface area contributed by atoms with Crippen molar-refractivity contribution in [1.82, 2.24) is 18.8 Å². The minimum atomic E-state index is -5.43. The number of aryl methyl sites for hydroxylation is 1. The van der Waals surface area contributed by atoms with Crippen LogP contribution in [0.4, 0.5) is 55.3 Å². The number of anilines is 2. The van der Waals surface area contributed by atoms with Crippen LogP contribution in [0.15, 0.2) is 119 Å². The van der Waals surface area contributed by atoms with Gasteiger partial charge in [0.25, 0.3) is 11.8 Å². The lowest BCUT2D eigenvalue weighted by Crippen LogP contribution is -2.48. The van der Waals surface area contributed by atoms with Gasteiger partial charge in [-0.05, 0) is 134 Å². The summed E-state index contributed by atoms with van der Waals surface area (Å²) >= 11 is 0. The zero-order valence-corrected chi connectivity index (χ0v) is 54.5. The van der Waals surface area contributed by atoms with Crippen molar-refractivity contribution < 1.29 is 79.9 Å². The van der Waals surface area contributed by atoms with Gasteiger partial charge in [0.1, 0.15) is 12.1 Å². The molecule has 2 atom stereocenters. The van der Waals surface area contributed by atoms with E-state index in [9.17, 15) is 79.9 Å². The highest BCUT2D eigenvalue weighted by Crippen LogP contribution is 2.38. The number of halogens is 10. The van der Waals surface area contributed by atoms with Crippen molar-refractivity contribution in [1.29, 1.82) is 0 Å². The average Bonchev–Trinajstić information content (AvgIpc) is 1.46. The Kier molecular flexibility index (Phi) is 22.3. The van der Waals surface area contributed by atoms with Gasteiger partial charge in [-0.3, -0.25) is 19.2 Å². The molecule has 0 saturated heterocycles. The molecule has 2 aliphatic heterocycles. The van der Waals surface area contributed by atoms with E-state index in [1.807, 2.05) is 79.7 Å². The molecule has 2 fully saturated rings. The van der Waals surface area contributed by atoms with E-state index in [1.165, 1.54) is 45.9 Å². The molecule has 0 unspecified atom stereocenters. The van der Waals surface area contributed by atoms with E-state index in [0.29, 0.717) is 63.1 Å². The van der Waals surface area contributed by atoms with Crippen LogP contribution in [0.25, 0.3) is 0 Å². The SMILES string of the molecule is C.C[C@H](C(=O)N(Cc1ccc(C2CCCCC2)cc1)c1ccc2c(c1)CNC2=O)N(C)S(=O)(=O)c1c(F)c(F)c(F)c(F)c1F.Cc1ccc(CN2Cc3cc(N(Cc4ccc(C5CCCCC5)cc4)C(=O)[C@@H](C)N(C)S(=O)(=O)c4c(F)c(F)c(F)c(F)c4F)ccc3C2=O)cc1. The third-order valence-electron chi connectivity index (χ3n) is 18.6. The average molecular weight is 1390 g/mol. The van der Waals surface area contributed by atoms with Crippen LogP contribution in [0.2, 0.25) is 0 Å². The molecule has 516 valence electrons. The minimum Gasteiger partial charge on any atom is -0.348 e. The molecule has 97 heavy (non-hydrogen) atoms. The van der Waals surface area contributed by atoms with E-state index in [4.69, 9.17) is 0 Å². The molecule has 7 aromatic rings. The molecular formula is C71H72F10N6O8S2. The Morgan fingerprint density at radius 1 is 0.495 bits per heavy atom. The van der Waals surface area contributed by atoms with E-state index < -0.39 is 112 Å². The second-order valence-electron chi connectivity index (χ2n) is 24.7. The van der Waals surface area contributed by atoms with Gasteiger partial charge < -0.3 is 20.0 Å². The predicted molar refractivity (Wildman–Crippen MR) is 344 cm³/mol. The van der Waals surface area contributed by atoms with E-state index in [0.717, 1.165) is 90.4 Å². The second-order valence-corrected chi connectivity index (χ2v) is 28.6. The molecule has 2 aliphatic carbocycles. The Balaban J connectivity index is 0.000000228. The number of rotatable bonds is 18. The van der Waals surface area contributed by atoms with Crippen LogP contribution >= 0.6 is 0 Å². The van der Waals surface area contributed by atoms with Gasteiger partial charge in [-0.2, -0.15) is 8.61 Å². The van der Waals surface area contributed by atoms with E-state index in [2.05, 4.69) is 5.32 Å². The van der Waals surface area contributed by atoms with Crippen molar-refractivity contribution in [2.45, 2.75) is 159 Å². The molecular weight excluding hydrogens is 1320 g/mol. The Labute approximate surface area is 557 Å². The lowest BCUT2D eigenvalue weighted by Gasteiger charge is -2.31. The van der Waals surface area contributed by atoms with Gasteiger partial charge in [-0.15, -0.1) is 0 Å². The maximum atomic E-state index is 14.7. The number of hydrogen-bond donors (Lipinski definition) is 1.